The summed E-state index contributed by atoms with van der Waals surface area (Å²) in [5.41, 5.74) is 0. The molecule has 102 valence electrons. The minimum Gasteiger partial charge on any atom is -0.355 e. The summed E-state index contributed by atoms with van der Waals surface area (Å²) in [6.45, 7) is 3.96. The van der Waals surface area contributed by atoms with Gasteiger partial charge in [-0.2, -0.15) is 0 Å². The lowest BCUT2D eigenvalue weighted by atomic mass is 10.5. The summed E-state index contributed by atoms with van der Waals surface area (Å²) < 4.78 is 26.9. The van der Waals surface area contributed by atoms with Gasteiger partial charge in [0, 0.05) is 11.4 Å². The molecular weight excluding hydrogens is 340 g/mol. The third-order valence-electron chi connectivity index (χ3n) is 2.13. The average Bonchev–Trinajstić information content (AvgIpc) is 2.64. The van der Waals surface area contributed by atoms with Crippen molar-refractivity contribution in [1.29, 1.82) is 0 Å². The van der Waals surface area contributed by atoms with Crippen molar-refractivity contribution >= 4 is 43.2 Å². The molecule has 5 nitrogen and oxygen atoms in total. The first-order chi connectivity index (χ1) is 8.36. The number of nitrogens with one attached hydrogen (secondary N) is 2. The van der Waals surface area contributed by atoms with Gasteiger partial charge in [0.15, 0.2) is 0 Å². The minimum atomic E-state index is -3.62. The van der Waals surface area contributed by atoms with Crippen LogP contribution >= 0.6 is 27.3 Å². The average molecular weight is 355 g/mol. The van der Waals surface area contributed by atoms with Crippen molar-refractivity contribution in [3.05, 3.63) is 14.7 Å². The van der Waals surface area contributed by atoms with Gasteiger partial charge in [-0.1, -0.05) is 6.92 Å². The number of amides is 1. The minimum absolute atomic E-state index is 0.211. The maximum Gasteiger partial charge on any atom is 0.242 e. The Morgan fingerprint density at radius 2 is 2.17 bits per heavy atom. The Kier molecular flexibility index (Phi) is 5.77. The van der Waals surface area contributed by atoms with Crippen LogP contribution in [0.3, 0.4) is 0 Å². The Bertz CT molecular complexity index is 525. The second-order valence-electron chi connectivity index (χ2n) is 3.65. The van der Waals surface area contributed by atoms with Crippen LogP contribution in [-0.4, -0.2) is 27.4 Å². The molecular formula is C10H15BrN2O3S2. The molecule has 0 aliphatic carbocycles. The molecule has 1 amide bonds. The fraction of sp³-hybridized carbons (Fsp3) is 0.500. The Morgan fingerprint density at radius 3 is 2.67 bits per heavy atom. The van der Waals surface area contributed by atoms with Gasteiger partial charge < -0.3 is 5.32 Å². The van der Waals surface area contributed by atoms with E-state index in [1.165, 1.54) is 17.4 Å². The number of halogens is 1. The molecule has 0 radical (unpaired) electrons. The van der Waals surface area contributed by atoms with Crippen LogP contribution in [0, 0.1) is 6.92 Å². The smallest absolute Gasteiger partial charge is 0.242 e. The largest absolute Gasteiger partial charge is 0.355 e. The van der Waals surface area contributed by atoms with Gasteiger partial charge in [0.1, 0.15) is 0 Å². The second-order valence-corrected chi connectivity index (χ2v) is 8.02. The molecule has 0 aliphatic heterocycles. The van der Waals surface area contributed by atoms with Gasteiger partial charge in [0.05, 0.1) is 15.2 Å². The van der Waals surface area contributed by atoms with Crippen LogP contribution in [0.5, 0.6) is 0 Å². The molecule has 0 saturated heterocycles. The molecule has 0 spiro atoms. The van der Waals surface area contributed by atoms with Crippen molar-refractivity contribution in [1.82, 2.24) is 10.0 Å². The molecule has 0 aliphatic rings. The van der Waals surface area contributed by atoms with Crippen LogP contribution in [0.15, 0.2) is 14.7 Å². The van der Waals surface area contributed by atoms with Crippen LogP contribution in [0.2, 0.25) is 0 Å². The number of sulfonamides is 1. The molecule has 0 unspecified atom stereocenters. The third kappa shape index (κ3) is 4.34. The summed E-state index contributed by atoms with van der Waals surface area (Å²) in [7, 11) is -3.62. The number of carbonyl (C=O) groups is 1. The number of hydrogen-bond acceptors (Lipinski definition) is 4. The second kappa shape index (κ2) is 6.65. The lowest BCUT2D eigenvalue weighted by Crippen LogP contribution is -2.37. The van der Waals surface area contributed by atoms with Crippen molar-refractivity contribution in [3.8, 4) is 0 Å². The highest BCUT2D eigenvalue weighted by Gasteiger charge is 2.20. The van der Waals surface area contributed by atoms with Gasteiger partial charge in [-0.15, -0.1) is 11.3 Å². The first-order valence-corrected chi connectivity index (χ1v) is 8.48. The van der Waals surface area contributed by atoms with E-state index in [9.17, 15) is 13.2 Å². The van der Waals surface area contributed by atoms with Crippen LogP contribution < -0.4 is 10.0 Å². The van der Waals surface area contributed by atoms with Crippen LogP contribution in [0.25, 0.3) is 0 Å². The Balaban J connectivity index is 2.66. The summed E-state index contributed by atoms with van der Waals surface area (Å²) in [4.78, 5) is 12.2. The fourth-order valence-corrected chi connectivity index (χ4v) is 4.66. The van der Waals surface area contributed by atoms with Crippen molar-refractivity contribution < 1.29 is 13.2 Å². The molecule has 0 saturated carbocycles. The van der Waals surface area contributed by atoms with Gasteiger partial charge >= 0.3 is 0 Å². The van der Waals surface area contributed by atoms with Gasteiger partial charge in [0.2, 0.25) is 15.9 Å². The van der Waals surface area contributed by atoms with E-state index in [1.54, 1.807) is 6.92 Å². The van der Waals surface area contributed by atoms with E-state index in [0.29, 0.717) is 11.4 Å². The first-order valence-electron chi connectivity index (χ1n) is 5.39. The van der Waals surface area contributed by atoms with E-state index in [0.717, 1.165) is 10.2 Å². The number of aryl methyl sites for hydroxylation is 1. The van der Waals surface area contributed by atoms with Crippen LogP contribution in [0.4, 0.5) is 0 Å². The zero-order valence-corrected chi connectivity index (χ0v) is 13.3. The predicted octanol–water partition coefficient (Wildman–Crippen LogP) is 1.62. The van der Waals surface area contributed by atoms with Gasteiger partial charge in [-0.25, -0.2) is 13.1 Å². The number of hydrogen-bond donors (Lipinski definition) is 2. The standard InChI is InChI=1S/C10H15BrN2O3S2/c1-3-4-12-10(14)6-13-18(15,16)8-5-9(11)17-7(8)2/h5,13H,3-4,6H2,1-2H3,(H,12,14). The van der Waals surface area contributed by atoms with Gasteiger partial charge in [-0.3, -0.25) is 4.79 Å². The van der Waals surface area contributed by atoms with E-state index < -0.39 is 10.0 Å². The molecule has 0 fully saturated rings. The molecule has 0 aromatic carbocycles. The Hall–Kier alpha value is -0.440. The summed E-state index contributed by atoms with van der Waals surface area (Å²) in [6.07, 6.45) is 0.815. The molecule has 18 heavy (non-hydrogen) atoms. The monoisotopic (exact) mass is 354 g/mol. The summed E-state index contributed by atoms with van der Waals surface area (Å²) in [5, 5.41) is 2.60. The molecule has 8 heteroatoms. The highest BCUT2D eigenvalue weighted by atomic mass is 79.9. The summed E-state index contributed by atoms with van der Waals surface area (Å²) in [5.74, 6) is -0.327. The normalized spacial score (nSPS) is 11.5. The number of rotatable bonds is 6. The molecule has 1 aromatic rings. The number of carbonyl (C=O) groups excluding carboxylic acids is 1. The van der Waals surface area contributed by atoms with Gasteiger partial charge in [0.25, 0.3) is 0 Å². The maximum absolute atomic E-state index is 11.9. The molecule has 0 atom stereocenters. The highest BCUT2D eigenvalue weighted by Crippen LogP contribution is 2.29. The van der Waals surface area contributed by atoms with Crippen LogP contribution in [0.1, 0.15) is 18.2 Å². The maximum atomic E-state index is 11.9. The number of thiophene rings is 1. The van der Waals surface area contributed by atoms with Gasteiger partial charge in [-0.05, 0) is 35.3 Å². The summed E-state index contributed by atoms with van der Waals surface area (Å²) >= 11 is 4.58. The molecule has 1 aromatic heterocycles. The van der Waals surface area contributed by atoms with E-state index in [4.69, 9.17) is 0 Å². The fourth-order valence-electron chi connectivity index (χ4n) is 1.26. The zero-order chi connectivity index (χ0) is 13.8. The molecule has 2 N–H and O–H groups in total. The van der Waals surface area contributed by atoms with E-state index in [2.05, 4.69) is 26.0 Å². The molecule has 1 rings (SSSR count). The van der Waals surface area contributed by atoms with Crippen molar-refractivity contribution in [3.63, 3.8) is 0 Å². The van der Waals surface area contributed by atoms with E-state index in [1.807, 2.05) is 6.92 Å². The molecule has 1 heterocycles. The van der Waals surface area contributed by atoms with Crippen molar-refractivity contribution in [2.24, 2.45) is 0 Å². The highest BCUT2D eigenvalue weighted by molar-refractivity contribution is 9.11. The van der Waals surface area contributed by atoms with Crippen molar-refractivity contribution in [2.75, 3.05) is 13.1 Å². The zero-order valence-electron chi connectivity index (χ0n) is 10.1. The van der Waals surface area contributed by atoms with Crippen LogP contribution in [-0.2, 0) is 14.8 Å². The topological polar surface area (TPSA) is 75.3 Å². The van der Waals surface area contributed by atoms with E-state index in [-0.39, 0.29) is 17.3 Å². The quantitative estimate of drug-likeness (QED) is 0.814. The SMILES string of the molecule is CCCNC(=O)CNS(=O)(=O)c1cc(Br)sc1C. The Labute approximate surface area is 119 Å². The third-order valence-corrected chi connectivity index (χ3v) is 5.34. The first kappa shape index (κ1) is 15.6. The lowest BCUT2D eigenvalue weighted by Gasteiger charge is -2.06. The Morgan fingerprint density at radius 1 is 1.50 bits per heavy atom. The summed E-state index contributed by atoms with van der Waals surface area (Å²) in [6, 6.07) is 1.53. The lowest BCUT2D eigenvalue weighted by molar-refractivity contribution is -0.119. The van der Waals surface area contributed by atoms with Crippen molar-refractivity contribution in [2.45, 2.75) is 25.2 Å². The predicted molar refractivity (Wildman–Crippen MR) is 75.2 cm³/mol. The van der Waals surface area contributed by atoms with E-state index >= 15 is 0 Å². The molecule has 0 bridgehead atoms.